The van der Waals surface area contributed by atoms with Crippen LogP contribution in [-0.2, 0) is 9.59 Å². The van der Waals surface area contributed by atoms with Gasteiger partial charge in [0.25, 0.3) is 0 Å². The van der Waals surface area contributed by atoms with Crippen molar-refractivity contribution >= 4 is 11.8 Å². The van der Waals surface area contributed by atoms with Crippen LogP contribution in [-0.4, -0.2) is 49.4 Å². The van der Waals surface area contributed by atoms with Crippen LogP contribution >= 0.6 is 0 Å². The summed E-state index contributed by atoms with van der Waals surface area (Å²) in [6.45, 7) is 5.73. The second kappa shape index (κ2) is 7.62. The number of nitrogens with zero attached hydrogens (tertiary/aromatic N) is 1. The molecule has 1 saturated heterocycles. The molecule has 0 spiro atoms. The topological polar surface area (TPSA) is 61.4 Å². The molecule has 0 atom stereocenters. The Labute approximate surface area is 121 Å². The lowest BCUT2D eigenvalue weighted by Gasteiger charge is -2.29. The number of amides is 2. The minimum atomic E-state index is -0.426. The molecule has 0 unspecified atom stereocenters. The summed E-state index contributed by atoms with van der Waals surface area (Å²) in [6, 6.07) is 0. The highest BCUT2D eigenvalue weighted by molar-refractivity contribution is 6.35. The third-order valence-electron chi connectivity index (χ3n) is 4.69. The first kappa shape index (κ1) is 15.3. The molecule has 1 heterocycles. The first-order valence-electron chi connectivity index (χ1n) is 7.98. The average Bonchev–Trinajstić information content (AvgIpc) is 2.53. The molecule has 2 aliphatic rings. The van der Waals surface area contributed by atoms with E-state index in [9.17, 15) is 9.59 Å². The maximum absolute atomic E-state index is 12.0. The molecule has 2 fully saturated rings. The number of piperazine rings is 1. The maximum atomic E-state index is 12.0. The summed E-state index contributed by atoms with van der Waals surface area (Å²) in [5.41, 5.74) is 0. The third-order valence-corrected chi connectivity index (χ3v) is 4.69. The first-order valence-corrected chi connectivity index (χ1v) is 7.98. The first-order chi connectivity index (χ1) is 9.70. The Kier molecular flexibility index (Phi) is 5.83. The number of hydrogen-bond acceptors (Lipinski definition) is 3. The molecule has 5 nitrogen and oxygen atoms in total. The van der Waals surface area contributed by atoms with Crippen molar-refractivity contribution in [2.75, 3.05) is 32.7 Å². The van der Waals surface area contributed by atoms with E-state index in [-0.39, 0.29) is 5.91 Å². The van der Waals surface area contributed by atoms with Crippen LogP contribution in [0.1, 0.15) is 39.0 Å². The second-order valence-electron chi connectivity index (χ2n) is 6.05. The fourth-order valence-electron chi connectivity index (χ4n) is 3.17. The summed E-state index contributed by atoms with van der Waals surface area (Å²) in [4.78, 5) is 25.5. The van der Waals surface area contributed by atoms with Crippen LogP contribution in [0.3, 0.4) is 0 Å². The fourth-order valence-corrected chi connectivity index (χ4v) is 3.17. The monoisotopic (exact) mass is 281 g/mol. The Balaban J connectivity index is 1.68. The van der Waals surface area contributed by atoms with Crippen LogP contribution in [0, 0.1) is 11.8 Å². The van der Waals surface area contributed by atoms with Crippen LogP contribution in [0.25, 0.3) is 0 Å². The molecule has 1 aliphatic carbocycles. The van der Waals surface area contributed by atoms with Crippen molar-refractivity contribution in [3.8, 4) is 0 Å². The quantitative estimate of drug-likeness (QED) is 0.751. The Hall–Kier alpha value is -1.10. The van der Waals surface area contributed by atoms with Gasteiger partial charge in [0.15, 0.2) is 0 Å². The molecule has 0 bridgehead atoms. The lowest BCUT2D eigenvalue weighted by Crippen LogP contribution is -2.51. The van der Waals surface area contributed by atoms with E-state index in [1.54, 1.807) is 4.90 Å². The number of nitrogens with one attached hydrogen (secondary N) is 2. The van der Waals surface area contributed by atoms with Gasteiger partial charge in [-0.15, -0.1) is 0 Å². The summed E-state index contributed by atoms with van der Waals surface area (Å²) in [5.74, 6) is 0.625. The molecular formula is C15H27N3O2. The highest BCUT2D eigenvalue weighted by Gasteiger charge is 2.25. The minimum absolute atomic E-state index is 0.367. The number of carbonyl (C=O) groups is 2. The van der Waals surface area contributed by atoms with Crippen LogP contribution in [0.15, 0.2) is 0 Å². The second-order valence-corrected chi connectivity index (χ2v) is 6.05. The lowest BCUT2D eigenvalue weighted by atomic mass is 9.81. The highest BCUT2D eigenvalue weighted by atomic mass is 16.2. The van der Waals surface area contributed by atoms with E-state index in [2.05, 4.69) is 17.6 Å². The zero-order valence-corrected chi connectivity index (χ0v) is 12.5. The molecule has 2 N–H and O–H groups in total. The normalized spacial score (nSPS) is 27.1. The molecule has 0 aromatic carbocycles. The molecule has 0 radical (unpaired) electrons. The molecule has 2 rings (SSSR count). The van der Waals surface area contributed by atoms with Crippen LogP contribution in [0.2, 0.25) is 0 Å². The SMILES string of the molecule is CCC1CCC(CNC(=O)C(=O)N2CCNCC2)CC1. The predicted octanol–water partition coefficient (Wildman–Crippen LogP) is 0.751. The Bertz CT molecular complexity index is 332. The summed E-state index contributed by atoms with van der Waals surface area (Å²) in [6.07, 6.45) is 6.16. The van der Waals surface area contributed by atoms with Crippen LogP contribution in [0.4, 0.5) is 0 Å². The van der Waals surface area contributed by atoms with E-state index in [0.717, 1.165) is 19.0 Å². The molecule has 1 saturated carbocycles. The van der Waals surface area contributed by atoms with E-state index in [4.69, 9.17) is 0 Å². The Morgan fingerprint density at radius 3 is 2.30 bits per heavy atom. The number of carbonyl (C=O) groups excluding carboxylic acids is 2. The molecule has 2 amide bonds. The molecule has 0 aromatic heterocycles. The maximum Gasteiger partial charge on any atom is 0.311 e. The molecular weight excluding hydrogens is 254 g/mol. The van der Waals surface area contributed by atoms with Gasteiger partial charge in [-0.05, 0) is 24.7 Å². The smallest absolute Gasteiger partial charge is 0.311 e. The fraction of sp³-hybridized carbons (Fsp3) is 0.867. The van der Waals surface area contributed by atoms with E-state index in [0.29, 0.717) is 25.6 Å². The Morgan fingerprint density at radius 1 is 1.10 bits per heavy atom. The van der Waals surface area contributed by atoms with Crippen molar-refractivity contribution in [2.24, 2.45) is 11.8 Å². The summed E-state index contributed by atoms with van der Waals surface area (Å²) < 4.78 is 0. The van der Waals surface area contributed by atoms with E-state index >= 15 is 0 Å². The predicted molar refractivity (Wildman–Crippen MR) is 78.2 cm³/mol. The summed E-state index contributed by atoms with van der Waals surface area (Å²) >= 11 is 0. The van der Waals surface area contributed by atoms with Gasteiger partial charge in [-0.25, -0.2) is 0 Å². The number of hydrogen-bond donors (Lipinski definition) is 2. The molecule has 1 aliphatic heterocycles. The van der Waals surface area contributed by atoms with Crippen molar-refractivity contribution in [3.63, 3.8) is 0 Å². The number of rotatable bonds is 3. The average molecular weight is 281 g/mol. The molecule has 0 aromatic rings. The molecule has 5 heteroatoms. The zero-order chi connectivity index (χ0) is 14.4. The summed E-state index contributed by atoms with van der Waals surface area (Å²) in [5, 5.41) is 6.01. The van der Waals surface area contributed by atoms with Crippen molar-refractivity contribution < 1.29 is 9.59 Å². The van der Waals surface area contributed by atoms with Crippen LogP contribution < -0.4 is 10.6 Å². The highest BCUT2D eigenvalue weighted by Crippen LogP contribution is 2.29. The van der Waals surface area contributed by atoms with Gasteiger partial charge in [-0.2, -0.15) is 0 Å². The third kappa shape index (κ3) is 4.20. The van der Waals surface area contributed by atoms with Crippen molar-refractivity contribution in [1.29, 1.82) is 0 Å². The van der Waals surface area contributed by atoms with Gasteiger partial charge < -0.3 is 15.5 Å². The van der Waals surface area contributed by atoms with Gasteiger partial charge >= 0.3 is 11.8 Å². The van der Waals surface area contributed by atoms with Crippen LogP contribution in [0.5, 0.6) is 0 Å². The van der Waals surface area contributed by atoms with Gasteiger partial charge in [-0.3, -0.25) is 9.59 Å². The van der Waals surface area contributed by atoms with Gasteiger partial charge in [0.1, 0.15) is 0 Å². The zero-order valence-electron chi connectivity index (χ0n) is 12.5. The van der Waals surface area contributed by atoms with Gasteiger partial charge in [0.05, 0.1) is 0 Å². The van der Waals surface area contributed by atoms with Crippen molar-refractivity contribution in [2.45, 2.75) is 39.0 Å². The van der Waals surface area contributed by atoms with E-state index in [1.807, 2.05) is 0 Å². The largest absolute Gasteiger partial charge is 0.348 e. The minimum Gasteiger partial charge on any atom is -0.348 e. The van der Waals surface area contributed by atoms with E-state index in [1.165, 1.54) is 32.1 Å². The standard InChI is InChI=1S/C15H27N3O2/c1-2-12-3-5-13(6-4-12)11-17-14(19)15(20)18-9-7-16-8-10-18/h12-13,16H,2-11H2,1H3,(H,17,19). The molecule has 114 valence electrons. The lowest BCUT2D eigenvalue weighted by molar-refractivity contribution is -0.146. The summed E-state index contributed by atoms with van der Waals surface area (Å²) in [7, 11) is 0. The van der Waals surface area contributed by atoms with Crippen molar-refractivity contribution in [1.82, 2.24) is 15.5 Å². The van der Waals surface area contributed by atoms with E-state index < -0.39 is 5.91 Å². The Morgan fingerprint density at radius 2 is 1.70 bits per heavy atom. The van der Waals surface area contributed by atoms with Gasteiger partial charge in [0.2, 0.25) is 0 Å². The molecule has 20 heavy (non-hydrogen) atoms. The van der Waals surface area contributed by atoms with Gasteiger partial charge in [-0.1, -0.05) is 26.2 Å². The van der Waals surface area contributed by atoms with Gasteiger partial charge in [0, 0.05) is 32.7 Å². The van der Waals surface area contributed by atoms with Crippen molar-refractivity contribution in [3.05, 3.63) is 0 Å².